The molecule has 8 nitrogen and oxygen atoms in total. The Kier molecular flexibility index (Phi) is 10.1. The van der Waals surface area contributed by atoms with Gasteiger partial charge in [0.1, 0.15) is 29.1 Å². The second-order valence-electron chi connectivity index (χ2n) is 9.63. The highest BCUT2D eigenvalue weighted by molar-refractivity contribution is 6.04. The number of rotatable bonds is 14. The molecule has 9 heteroatoms. The highest BCUT2D eigenvalue weighted by Crippen LogP contribution is 2.24. The zero-order valence-electron chi connectivity index (χ0n) is 23.7. The lowest BCUT2D eigenvalue weighted by Gasteiger charge is -2.18. The lowest BCUT2D eigenvalue weighted by atomic mass is 10.0. The number of carbonyl (C=O) groups is 2. The third-order valence-electron chi connectivity index (χ3n) is 6.67. The monoisotopic (exact) mass is 572 g/mol. The van der Waals surface area contributed by atoms with Crippen LogP contribution in [-0.4, -0.2) is 41.6 Å². The molecule has 218 valence electrons. The van der Waals surface area contributed by atoms with Crippen LogP contribution in [0.2, 0.25) is 0 Å². The fourth-order valence-electron chi connectivity index (χ4n) is 4.27. The number of methoxy groups -OCH3 is 1. The zero-order chi connectivity index (χ0) is 30.1. The topological polar surface area (TPSA) is 111 Å². The number of oxazole rings is 1. The lowest BCUT2D eigenvalue weighted by Crippen LogP contribution is -2.38. The Balaban J connectivity index is 1.32. The van der Waals surface area contributed by atoms with E-state index in [1.165, 1.54) is 30.3 Å². The molecule has 0 amide bonds. The first-order valence-corrected chi connectivity index (χ1v) is 13.6. The molecule has 42 heavy (non-hydrogen) atoms. The SMILES string of the molecule is CC/C(=C/C(=O)c1ccc(F)cc1)NC(Cc1ccc(OCCc2nc(-c3ccc(OC)cc3)oc2C)cc1)C(=O)O. The number of halogens is 1. The van der Waals surface area contributed by atoms with E-state index in [1.807, 2.05) is 50.2 Å². The number of allylic oxidation sites excluding steroid dienone is 2. The number of benzene rings is 3. The molecule has 1 aromatic heterocycles. The maximum atomic E-state index is 13.2. The summed E-state index contributed by atoms with van der Waals surface area (Å²) in [7, 11) is 1.62. The maximum absolute atomic E-state index is 13.2. The molecule has 0 spiro atoms. The number of aromatic nitrogens is 1. The van der Waals surface area contributed by atoms with Crippen molar-refractivity contribution in [3.8, 4) is 23.0 Å². The van der Waals surface area contributed by atoms with Crippen molar-refractivity contribution in [2.45, 2.75) is 39.2 Å². The Bertz CT molecular complexity index is 1530. The molecule has 0 saturated heterocycles. The van der Waals surface area contributed by atoms with Crippen LogP contribution in [0.3, 0.4) is 0 Å². The van der Waals surface area contributed by atoms with Gasteiger partial charge in [-0.25, -0.2) is 14.2 Å². The van der Waals surface area contributed by atoms with E-state index in [1.54, 1.807) is 19.2 Å². The minimum Gasteiger partial charge on any atom is -0.497 e. The summed E-state index contributed by atoms with van der Waals surface area (Å²) in [6.07, 6.45) is 2.54. The minimum absolute atomic E-state index is 0.198. The molecule has 1 heterocycles. The molecule has 0 radical (unpaired) electrons. The predicted molar refractivity (Wildman–Crippen MR) is 156 cm³/mol. The van der Waals surface area contributed by atoms with Crippen molar-refractivity contribution in [2.75, 3.05) is 13.7 Å². The standard InChI is InChI=1S/C33H33FN2O6/c1-4-26(20-31(37)23-7-11-25(34)12-8-23)35-30(33(38)39)19-22-5-13-28(14-6-22)41-18-17-29-21(2)42-32(36-29)24-9-15-27(40-3)16-10-24/h5-16,20,30,35H,4,17-19H2,1-3H3,(H,38,39)/b26-20-. The van der Waals surface area contributed by atoms with Crippen molar-refractivity contribution in [1.29, 1.82) is 0 Å². The maximum Gasteiger partial charge on any atom is 0.326 e. The van der Waals surface area contributed by atoms with Gasteiger partial charge in [-0.05, 0) is 79.6 Å². The van der Waals surface area contributed by atoms with Gasteiger partial charge in [-0.15, -0.1) is 0 Å². The Hall–Kier alpha value is -4.92. The van der Waals surface area contributed by atoms with E-state index < -0.39 is 17.8 Å². The van der Waals surface area contributed by atoms with Crippen molar-refractivity contribution in [1.82, 2.24) is 10.3 Å². The number of nitrogens with zero attached hydrogens (tertiary/aromatic N) is 1. The third-order valence-corrected chi connectivity index (χ3v) is 6.67. The number of nitrogens with one attached hydrogen (secondary N) is 1. The molecule has 4 rings (SSSR count). The van der Waals surface area contributed by atoms with E-state index in [9.17, 15) is 19.1 Å². The van der Waals surface area contributed by atoms with Crippen LogP contribution in [0.4, 0.5) is 4.39 Å². The second-order valence-corrected chi connectivity index (χ2v) is 9.63. The number of hydrogen-bond donors (Lipinski definition) is 2. The summed E-state index contributed by atoms with van der Waals surface area (Å²) in [5, 5.41) is 12.8. The van der Waals surface area contributed by atoms with Gasteiger partial charge in [0.25, 0.3) is 0 Å². The van der Waals surface area contributed by atoms with Crippen molar-refractivity contribution in [3.63, 3.8) is 0 Å². The van der Waals surface area contributed by atoms with Gasteiger partial charge in [-0.3, -0.25) is 4.79 Å². The van der Waals surface area contributed by atoms with Crippen molar-refractivity contribution in [2.24, 2.45) is 0 Å². The van der Waals surface area contributed by atoms with E-state index in [2.05, 4.69) is 10.3 Å². The van der Waals surface area contributed by atoms with Crippen LogP contribution in [0, 0.1) is 12.7 Å². The fourth-order valence-corrected chi connectivity index (χ4v) is 4.27. The largest absolute Gasteiger partial charge is 0.497 e. The Labute approximate surface area is 243 Å². The molecule has 0 fully saturated rings. The van der Waals surface area contributed by atoms with Crippen molar-refractivity contribution >= 4 is 11.8 Å². The van der Waals surface area contributed by atoms with Gasteiger partial charge in [0.15, 0.2) is 5.78 Å². The number of carboxylic acids is 1. The van der Waals surface area contributed by atoms with Crippen molar-refractivity contribution in [3.05, 3.63) is 113 Å². The summed E-state index contributed by atoms with van der Waals surface area (Å²) >= 11 is 0. The number of aryl methyl sites for hydroxylation is 1. The summed E-state index contributed by atoms with van der Waals surface area (Å²) in [5.41, 5.74) is 3.26. The second kappa shape index (κ2) is 14.1. The van der Waals surface area contributed by atoms with Crippen LogP contribution in [0.25, 0.3) is 11.5 Å². The first-order chi connectivity index (χ1) is 20.2. The van der Waals surface area contributed by atoms with Gasteiger partial charge in [-0.2, -0.15) is 0 Å². The van der Waals surface area contributed by atoms with Crippen LogP contribution < -0.4 is 14.8 Å². The third kappa shape index (κ3) is 8.06. The summed E-state index contributed by atoms with van der Waals surface area (Å²) in [5.74, 6) is 0.867. The zero-order valence-corrected chi connectivity index (χ0v) is 23.7. The summed E-state index contributed by atoms with van der Waals surface area (Å²) < 4.78 is 30.1. The number of hydrogen-bond acceptors (Lipinski definition) is 7. The molecular formula is C33H33FN2O6. The summed E-state index contributed by atoms with van der Waals surface area (Å²) in [4.78, 5) is 29.1. The fraction of sp³-hybridized carbons (Fsp3) is 0.242. The van der Waals surface area contributed by atoms with Gasteiger partial charge >= 0.3 is 5.97 Å². The van der Waals surface area contributed by atoms with E-state index in [0.717, 1.165) is 28.3 Å². The highest BCUT2D eigenvalue weighted by Gasteiger charge is 2.19. The van der Waals surface area contributed by atoms with Gasteiger partial charge in [0.05, 0.1) is 19.4 Å². The molecule has 3 aromatic carbocycles. The van der Waals surface area contributed by atoms with Crippen LogP contribution in [0.1, 0.15) is 40.7 Å². The molecule has 0 aliphatic heterocycles. The normalized spacial score (nSPS) is 12.0. The van der Waals surface area contributed by atoms with Gasteiger partial charge in [-0.1, -0.05) is 19.1 Å². The molecule has 2 N–H and O–H groups in total. The summed E-state index contributed by atoms with van der Waals surface area (Å²) in [6, 6.07) is 19.0. The van der Waals surface area contributed by atoms with Gasteiger partial charge in [0, 0.05) is 35.7 Å². The molecule has 0 aliphatic rings. The highest BCUT2D eigenvalue weighted by atomic mass is 19.1. The number of carbonyl (C=O) groups excluding carboxylic acids is 1. The minimum atomic E-state index is -1.04. The average molecular weight is 573 g/mol. The number of ether oxygens (including phenoxy) is 2. The summed E-state index contributed by atoms with van der Waals surface area (Å²) in [6.45, 7) is 4.08. The van der Waals surface area contributed by atoms with Crippen LogP contribution in [-0.2, 0) is 17.6 Å². The van der Waals surface area contributed by atoms with Crippen LogP contribution in [0.5, 0.6) is 11.5 Å². The van der Waals surface area contributed by atoms with Gasteiger partial charge < -0.3 is 24.3 Å². The molecular weight excluding hydrogens is 539 g/mol. The van der Waals surface area contributed by atoms with E-state index >= 15 is 0 Å². The van der Waals surface area contributed by atoms with E-state index in [-0.39, 0.29) is 12.2 Å². The molecule has 0 aliphatic carbocycles. The van der Waals surface area contributed by atoms with Gasteiger partial charge in [0.2, 0.25) is 5.89 Å². The molecule has 0 saturated carbocycles. The molecule has 4 aromatic rings. The smallest absolute Gasteiger partial charge is 0.326 e. The molecule has 0 bridgehead atoms. The molecule has 1 unspecified atom stereocenters. The average Bonchev–Trinajstić information content (AvgIpc) is 3.37. The Morgan fingerprint density at radius 2 is 1.69 bits per heavy atom. The van der Waals surface area contributed by atoms with Crippen molar-refractivity contribution < 1.29 is 33.0 Å². The number of ketones is 1. The Morgan fingerprint density at radius 3 is 2.31 bits per heavy atom. The number of aliphatic carboxylic acids is 1. The van der Waals surface area contributed by atoms with E-state index in [0.29, 0.717) is 42.3 Å². The Morgan fingerprint density at radius 1 is 1.02 bits per heavy atom. The lowest BCUT2D eigenvalue weighted by molar-refractivity contribution is -0.139. The first-order valence-electron chi connectivity index (χ1n) is 13.6. The predicted octanol–water partition coefficient (Wildman–Crippen LogP) is 6.18. The van der Waals surface area contributed by atoms with Crippen LogP contribution >= 0.6 is 0 Å². The van der Waals surface area contributed by atoms with Crippen LogP contribution in [0.15, 0.2) is 89.0 Å². The quantitative estimate of drug-likeness (QED) is 0.136. The first kappa shape index (κ1) is 30.0. The number of carboxylic acid groups (broad SMARTS) is 1. The molecule has 1 atom stereocenters. The van der Waals surface area contributed by atoms with E-state index in [4.69, 9.17) is 13.9 Å².